The van der Waals surface area contributed by atoms with Gasteiger partial charge in [0.05, 0.1) is 30.5 Å². The zero-order chi connectivity index (χ0) is 17.4. The van der Waals surface area contributed by atoms with Crippen molar-refractivity contribution in [3.8, 4) is 0 Å². The van der Waals surface area contributed by atoms with E-state index in [1.54, 1.807) is 18.2 Å². The smallest absolute Gasteiger partial charge is 0.246 e. The van der Waals surface area contributed by atoms with Crippen molar-refractivity contribution < 1.29 is 13.9 Å². The molecular weight excluding hydrogens is 322 g/mol. The SMILES string of the molecule is Cc1nnc([C@@H]2CN(C(=O)[C@H](C)n3cnc4ccccc43)CCO2)o1. The predicted octanol–water partition coefficient (Wildman–Crippen LogP) is 1.89. The number of carbonyl (C=O) groups excluding carboxylic acids is 1. The van der Waals surface area contributed by atoms with Gasteiger partial charge in [-0.05, 0) is 19.1 Å². The van der Waals surface area contributed by atoms with Gasteiger partial charge in [-0.25, -0.2) is 4.98 Å². The fraction of sp³-hybridized carbons (Fsp3) is 0.412. The van der Waals surface area contributed by atoms with Crippen LogP contribution in [0.4, 0.5) is 0 Å². The zero-order valence-corrected chi connectivity index (χ0v) is 14.1. The van der Waals surface area contributed by atoms with Crippen LogP contribution in [-0.4, -0.2) is 50.3 Å². The molecular formula is C17H19N5O3. The van der Waals surface area contributed by atoms with Gasteiger partial charge in [0.25, 0.3) is 0 Å². The molecule has 0 spiro atoms. The van der Waals surface area contributed by atoms with E-state index in [2.05, 4.69) is 15.2 Å². The number of para-hydroxylation sites is 2. The first kappa shape index (κ1) is 15.8. The number of benzene rings is 1. The number of imidazole rings is 1. The van der Waals surface area contributed by atoms with Crippen molar-refractivity contribution in [1.82, 2.24) is 24.6 Å². The maximum atomic E-state index is 13.0. The van der Waals surface area contributed by atoms with E-state index < -0.39 is 0 Å². The molecule has 130 valence electrons. The number of ether oxygens (including phenoxy) is 1. The molecule has 1 amide bonds. The van der Waals surface area contributed by atoms with Crippen molar-refractivity contribution in [2.45, 2.75) is 26.0 Å². The normalized spacial score (nSPS) is 19.3. The summed E-state index contributed by atoms with van der Waals surface area (Å²) in [7, 11) is 0. The first-order valence-corrected chi connectivity index (χ1v) is 8.25. The van der Waals surface area contributed by atoms with E-state index in [1.807, 2.05) is 35.8 Å². The number of morpholine rings is 1. The number of aromatic nitrogens is 4. The van der Waals surface area contributed by atoms with E-state index in [4.69, 9.17) is 9.15 Å². The van der Waals surface area contributed by atoms with Gasteiger partial charge in [0, 0.05) is 13.5 Å². The molecule has 1 aliphatic heterocycles. The van der Waals surface area contributed by atoms with Gasteiger partial charge in [0.15, 0.2) is 6.10 Å². The largest absolute Gasteiger partial charge is 0.423 e. The molecule has 2 aromatic heterocycles. The summed E-state index contributed by atoms with van der Waals surface area (Å²) in [5, 5.41) is 7.83. The Morgan fingerprint density at radius 1 is 1.32 bits per heavy atom. The average molecular weight is 341 g/mol. The number of nitrogens with zero attached hydrogens (tertiary/aromatic N) is 5. The van der Waals surface area contributed by atoms with Gasteiger partial charge in [0.1, 0.15) is 6.04 Å². The summed E-state index contributed by atoms with van der Waals surface area (Å²) in [6.07, 6.45) is 1.33. The van der Waals surface area contributed by atoms with Gasteiger partial charge in [-0.2, -0.15) is 0 Å². The van der Waals surface area contributed by atoms with E-state index in [0.29, 0.717) is 31.5 Å². The maximum absolute atomic E-state index is 13.0. The molecule has 3 aromatic rings. The Balaban J connectivity index is 1.53. The number of hydrogen-bond acceptors (Lipinski definition) is 6. The Morgan fingerprint density at radius 2 is 2.16 bits per heavy atom. The van der Waals surface area contributed by atoms with Crippen LogP contribution >= 0.6 is 0 Å². The lowest BCUT2D eigenvalue weighted by Crippen LogP contribution is -2.44. The molecule has 0 radical (unpaired) electrons. The molecule has 4 rings (SSSR count). The van der Waals surface area contributed by atoms with E-state index in [-0.39, 0.29) is 18.1 Å². The second kappa shape index (κ2) is 6.29. The van der Waals surface area contributed by atoms with E-state index in [1.165, 1.54) is 0 Å². The summed E-state index contributed by atoms with van der Waals surface area (Å²) in [6, 6.07) is 7.43. The minimum Gasteiger partial charge on any atom is -0.423 e. The molecule has 25 heavy (non-hydrogen) atoms. The third kappa shape index (κ3) is 2.89. The molecule has 1 aliphatic rings. The summed E-state index contributed by atoms with van der Waals surface area (Å²) in [4.78, 5) is 19.1. The third-order valence-corrected chi connectivity index (χ3v) is 4.45. The van der Waals surface area contributed by atoms with Crippen molar-refractivity contribution in [3.63, 3.8) is 0 Å². The van der Waals surface area contributed by atoms with Gasteiger partial charge in [-0.3, -0.25) is 4.79 Å². The summed E-state index contributed by atoms with van der Waals surface area (Å²) >= 11 is 0. The molecule has 3 heterocycles. The number of aryl methyl sites for hydroxylation is 1. The van der Waals surface area contributed by atoms with Gasteiger partial charge < -0.3 is 18.6 Å². The summed E-state index contributed by atoms with van der Waals surface area (Å²) < 4.78 is 13.0. The van der Waals surface area contributed by atoms with Crippen molar-refractivity contribution in [1.29, 1.82) is 0 Å². The van der Waals surface area contributed by atoms with Crippen molar-refractivity contribution in [3.05, 3.63) is 42.4 Å². The maximum Gasteiger partial charge on any atom is 0.246 e. The second-order valence-corrected chi connectivity index (χ2v) is 6.12. The standard InChI is InChI=1S/C17H19N5O3/c1-11(22-10-18-13-5-3-4-6-14(13)22)17(23)21-7-8-24-15(9-21)16-20-19-12(2)25-16/h3-6,10-11,15H,7-9H2,1-2H3/t11-,15-/m0/s1. The molecule has 0 N–H and O–H groups in total. The van der Waals surface area contributed by atoms with E-state index >= 15 is 0 Å². The Morgan fingerprint density at radius 3 is 2.96 bits per heavy atom. The van der Waals surface area contributed by atoms with Crippen LogP contribution in [-0.2, 0) is 9.53 Å². The third-order valence-electron chi connectivity index (χ3n) is 4.45. The quantitative estimate of drug-likeness (QED) is 0.723. The van der Waals surface area contributed by atoms with Gasteiger partial charge in [0.2, 0.25) is 17.7 Å². The highest BCUT2D eigenvalue weighted by Gasteiger charge is 2.31. The predicted molar refractivity (Wildman–Crippen MR) is 88.8 cm³/mol. The molecule has 1 fully saturated rings. The number of hydrogen-bond donors (Lipinski definition) is 0. The Kier molecular flexibility index (Phi) is 3.96. The van der Waals surface area contributed by atoms with E-state index in [0.717, 1.165) is 11.0 Å². The number of carbonyl (C=O) groups is 1. The first-order chi connectivity index (χ1) is 12.1. The zero-order valence-electron chi connectivity index (χ0n) is 14.1. The highest BCUT2D eigenvalue weighted by atomic mass is 16.5. The number of rotatable bonds is 3. The van der Waals surface area contributed by atoms with Crippen molar-refractivity contribution >= 4 is 16.9 Å². The lowest BCUT2D eigenvalue weighted by molar-refractivity contribution is -0.142. The van der Waals surface area contributed by atoms with Crippen molar-refractivity contribution in [2.75, 3.05) is 19.7 Å². The molecule has 8 heteroatoms. The summed E-state index contributed by atoms with van der Waals surface area (Å²) in [5.74, 6) is 0.920. The topological polar surface area (TPSA) is 86.3 Å². The molecule has 8 nitrogen and oxygen atoms in total. The lowest BCUT2D eigenvalue weighted by atomic mass is 10.2. The average Bonchev–Trinajstić information content (AvgIpc) is 3.27. The molecule has 1 saturated heterocycles. The molecule has 0 aliphatic carbocycles. The number of amides is 1. The molecule has 0 bridgehead atoms. The van der Waals surface area contributed by atoms with Crippen LogP contribution in [0.5, 0.6) is 0 Å². The van der Waals surface area contributed by atoms with Crippen LogP contribution in [0.1, 0.15) is 30.9 Å². The first-order valence-electron chi connectivity index (χ1n) is 8.25. The Hall–Kier alpha value is -2.74. The summed E-state index contributed by atoms with van der Waals surface area (Å²) in [5.41, 5.74) is 1.82. The lowest BCUT2D eigenvalue weighted by Gasteiger charge is -2.33. The molecule has 0 unspecified atom stereocenters. The van der Waals surface area contributed by atoms with Crippen LogP contribution in [0.3, 0.4) is 0 Å². The van der Waals surface area contributed by atoms with Gasteiger partial charge >= 0.3 is 0 Å². The van der Waals surface area contributed by atoms with Gasteiger partial charge in [-0.1, -0.05) is 12.1 Å². The Bertz CT molecular complexity index is 902. The monoisotopic (exact) mass is 341 g/mol. The minimum absolute atomic E-state index is 0.0210. The Labute approximate surface area is 144 Å². The molecule has 1 aromatic carbocycles. The highest BCUT2D eigenvalue weighted by Crippen LogP contribution is 2.24. The van der Waals surface area contributed by atoms with Crippen LogP contribution in [0.25, 0.3) is 11.0 Å². The molecule has 0 saturated carbocycles. The minimum atomic E-state index is -0.384. The fourth-order valence-electron chi connectivity index (χ4n) is 3.11. The van der Waals surface area contributed by atoms with Crippen LogP contribution in [0.15, 0.2) is 35.0 Å². The molecule has 2 atom stereocenters. The van der Waals surface area contributed by atoms with Gasteiger partial charge in [-0.15, -0.1) is 10.2 Å². The number of fused-ring (bicyclic) bond motifs is 1. The second-order valence-electron chi connectivity index (χ2n) is 6.12. The van der Waals surface area contributed by atoms with Crippen LogP contribution in [0.2, 0.25) is 0 Å². The highest BCUT2D eigenvalue weighted by molar-refractivity contribution is 5.83. The van der Waals surface area contributed by atoms with Crippen LogP contribution < -0.4 is 0 Å². The fourth-order valence-corrected chi connectivity index (χ4v) is 3.11. The van der Waals surface area contributed by atoms with Crippen LogP contribution in [0, 0.1) is 6.92 Å². The van der Waals surface area contributed by atoms with E-state index in [9.17, 15) is 4.79 Å². The summed E-state index contributed by atoms with van der Waals surface area (Å²) in [6.45, 7) is 5.00. The van der Waals surface area contributed by atoms with Crippen molar-refractivity contribution in [2.24, 2.45) is 0 Å².